The Morgan fingerprint density at radius 3 is 2.71 bits per heavy atom. The lowest BCUT2D eigenvalue weighted by Crippen LogP contribution is -2.21. The molecule has 0 spiro atoms. The van der Waals surface area contributed by atoms with Gasteiger partial charge in [0.05, 0.1) is 6.61 Å². The van der Waals surface area contributed by atoms with E-state index in [0.29, 0.717) is 5.56 Å². The molecule has 0 amide bonds. The molecule has 1 aromatic rings. The molecule has 0 bridgehead atoms. The summed E-state index contributed by atoms with van der Waals surface area (Å²) in [7, 11) is 0. The van der Waals surface area contributed by atoms with Gasteiger partial charge in [-0.05, 0) is 13.0 Å². The summed E-state index contributed by atoms with van der Waals surface area (Å²) in [5, 5.41) is 0. The van der Waals surface area contributed by atoms with Crippen LogP contribution >= 0.6 is 0 Å². The summed E-state index contributed by atoms with van der Waals surface area (Å²) >= 11 is 0. The second-order valence-electron chi connectivity index (χ2n) is 3.26. The van der Waals surface area contributed by atoms with Gasteiger partial charge in [-0.15, -0.1) is 0 Å². The van der Waals surface area contributed by atoms with Crippen LogP contribution in [0.4, 0.5) is 0 Å². The molecule has 1 atom stereocenters. The van der Waals surface area contributed by atoms with Gasteiger partial charge in [-0.25, -0.2) is 4.79 Å². The van der Waals surface area contributed by atoms with Gasteiger partial charge < -0.3 is 9.47 Å². The molecule has 0 aliphatic rings. The van der Waals surface area contributed by atoms with Gasteiger partial charge in [-0.1, -0.05) is 13.0 Å². The van der Waals surface area contributed by atoms with Crippen molar-refractivity contribution < 1.29 is 19.1 Å². The first-order valence-electron chi connectivity index (χ1n) is 5.45. The smallest absolute Gasteiger partial charge is 0.352 e. The second-order valence-corrected chi connectivity index (χ2v) is 3.26. The molecule has 0 aliphatic carbocycles. The minimum absolute atomic E-state index is 0.205. The third-order valence-corrected chi connectivity index (χ3v) is 2.03. The number of esters is 2. The highest BCUT2D eigenvalue weighted by Crippen LogP contribution is 2.18. The Kier molecular flexibility index (Phi) is 5.13. The predicted molar refractivity (Wildman–Crippen MR) is 60.0 cm³/mol. The monoisotopic (exact) mass is 237 g/mol. The maximum atomic E-state index is 11.7. The first kappa shape index (κ1) is 13.2. The fraction of sp³-hybridized carbons (Fsp3) is 0.417. The Bertz CT molecular complexity index is 377. The summed E-state index contributed by atoms with van der Waals surface area (Å²) in [4.78, 5) is 26.8. The van der Waals surface area contributed by atoms with Crippen molar-refractivity contribution in [1.29, 1.82) is 0 Å². The molecule has 1 unspecified atom stereocenters. The summed E-state index contributed by atoms with van der Waals surface area (Å²) in [5.41, 5.74) is 0.507. The van der Waals surface area contributed by atoms with Crippen LogP contribution in [0.2, 0.25) is 0 Å². The molecule has 0 N–H and O–H groups in total. The van der Waals surface area contributed by atoms with Crippen LogP contribution in [0, 0.1) is 0 Å². The molecular weight excluding hydrogens is 222 g/mol. The first-order valence-corrected chi connectivity index (χ1v) is 5.45. The van der Waals surface area contributed by atoms with Gasteiger partial charge in [-0.2, -0.15) is 0 Å². The molecule has 17 heavy (non-hydrogen) atoms. The molecule has 0 radical (unpaired) electrons. The number of rotatable bonds is 5. The highest BCUT2D eigenvalue weighted by Gasteiger charge is 2.25. The zero-order valence-electron chi connectivity index (χ0n) is 9.88. The number of hydrogen-bond donors (Lipinski definition) is 0. The van der Waals surface area contributed by atoms with Crippen LogP contribution < -0.4 is 0 Å². The topological polar surface area (TPSA) is 65.5 Å². The molecule has 0 saturated heterocycles. The Hall–Kier alpha value is -1.91. The molecule has 5 nitrogen and oxygen atoms in total. The van der Waals surface area contributed by atoms with Crippen molar-refractivity contribution in [2.24, 2.45) is 0 Å². The van der Waals surface area contributed by atoms with Crippen LogP contribution in [0.25, 0.3) is 0 Å². The fourth-order valence-electron chi connectivity index (χ4n) is 1.22. The van der Waals surface area contributed by atoms with Crippen molar-refractivity contribution in [2.45, 2.75) is 26.4 Å². The van der Waals surface area contributed by atoms with E-state index in [9.17, 15) is 9.59 Å². The van der Waals surface area contributed by atoms with E-state index >= 15 is 0 Å². The minimum atomic E-state index is -1.03. The lowest BCUT2D eigenvalue weighted by Gasteiger charge is -2.15. The summed E-state index contributed by atoms with van der Waals surface area (Å²) in [6.45, 7) is 3.59. The van der Waals surface area contributed by atoms with Crippen LogP contribution in [0.5, 0.6) is 0 Å². The lowest BCUT2D eigenvalue weighted by atomic mass is 10.1. The number of aromatic nitrogens is 1. The van der Waals surface area contributed by atoms with Gasteiger partial charge in [0.2, 0.25) is 6.10 Å². The highest BCUT2D eigenvalue weighted by molar-refractivity contribution is 5.80. The second kappa shape index (κ2) is 6.62. The van der Waals surface area contributed by atoms with Gasteiger partial charge in [0.1, 0.15) is 0 Å². The summed E-state index contributed by atoms with van der Waals surface area (Å²) in [6, 6.07) is 3.33. The molecule has 0 saturated carbocycles. The lowest BCUT2D eigenvalue weighted by molar-refractivity contribution is -0.168. The van der Waals surface area contributed by atoms with Crippen LogP contribution in [0.1, 0.15) is 31.9 Å². The molecule has 0 fully saturated rings. The van der Waals surface area contributed by atoms with Crippen LogP contribution in [-0.4, -0.2) is 23.5 Å². The van der Waals surface area contributed by atoms with E-state index in [2.05, 4.69) is 4.98 Å². The molecule has 92 valence electrons. The quantitative estimate of drug-likeness (QED) is 0.728. The average Bonchev–Trinajstić information content (AvgIpc) is 2.36. The average molecular weight is 237 g/mol. The van der Waals surface area contributed by atoms with Crippen molar-refractivity contribution in [3.8, 4) is 0 Å². The zero-order valence-corrected chi connectivity index (χ0v) is 9.88. The number of nitrogens with zero attached hydrogens (tertiary/aromatic N) is 1. The Morgan fingerprint density at radius 2 is 2.18 bits per heavy atom. The number of pyridine rings is 1. The SMILES string of the molecule is CCOC(=O)C(OC(=O)CC)c1cccnc1. The van der Waals surface area contributed by atoms with Crippen molar-refractivity contribution in [3.63, 3.8) is 0 Å². The standard InChI is InChI=1S/C12H15NO4/c1-3-10(14)17-11(12(15)16-4-2)9-6-5-7-13-8-9/h5-8,11H,3-4H2,1-2H3. The number of carbonyl (C=O) groups excluding carboxylic acids is 2. The molecular formula is C12H15NO4. The van der Waals surface area contributed by atoms with Crippen LogP contribution in [-0.2, 0) is 19.1 Å². The Balaban J connectivity index is 2.86. The van der Waals surface area contributed by atoms with Gasteiger partial charge >= 0.3 is 11.9 Å². The third kappa shape index (κ3) is 3.86. The van der Waals surface area contributed by atoms with Crippen molar-refractivity contribution in [3.05, 3.63) is 30.1 Å². The third-order valence-electron chi connectivity index (χ3n) is 2.03. The molecule has 1 aromatic heterocycles. The number of ether oxygens (including phenoxy) is 2. The van der Waals surface area contributed by atoms with E-state index in [-0.39, 0.29) is 13.0 Å². The van der Waals surface area contributed by atoms with E-state index in [1.807, 2.05) is 0 Å². The van der Waals surface area contributed by atoms with Gasteiger partial charge in [0, 0.05) is 24.4 Å². The van der Waals surface area contributed by atoms with E-state index < -0.39 is 18.0 Å². The first-order chi connectivity index (χ1) is 8.19. The molecule has 1 heterocycles. The van der Waals surface area contributed by atoms with E-state index in [1.54, 1.807) is 32.2 Å². The van der Waals surface area contributed by atoms with E-state index in [4.69, 9.17) is 9.47 Å². The molecule has 5 heteroatoms. The minimum Gasteiger partial charge on any atom is -0.463 e. The van der Waals surface area contributed by atoms with Crippen molar-refractivity contribution in [1.82, 2.24) is 4.98 Å². The fourth-order valence-corrected chi connectivity index (χ4v) is 1.22. The van der Waals surface area contributed by atoms with Crippen LogP contribution in [0.3, 0.4) is 0 Å². The number of hydrogen-bond acceptors (Lipinski definition) is 5. The highest BCUT2D eigenvalue weighted by atomic mass is 16.6. The number of carbonyl (C=O) groups is 2. The van der Waals surface area contributed by atoms with Crippen molar-refractivity contribution in [2.75, 3.05) is 6.61 Å². The Labute approximate surface area is 99.8 Å². The maximum absolute atomic E-state index is 11.7. The molecule has 1 rings (SSSR count). The van der Waals surface area contributed by atoms with E-state index in [1.165, 1.54) is 6.20 Å². The van der Waals surface area contributed by atoms with Gasteiger partial charge in [0.15, 0.2) is 0 Å². The Morgan fingerprint density at radius 1 is 1.41 bits per heavy atom. The van der Waals surface area contributed by atoms with E-state index in [0.717, 1.165) is 0 Å². The van der Waals surface area contributed by atoms with Crippen molar-refractivity contribution >= 4 is 11.9 Å². The molecule has 0 aliphatic heterocycles. The van der Waals surface area contributed by atoms with Crippen LogP contribution in [0.15, 0.2) is 24.5 Å². The summed E-state index contributed by atoms with van der Waals surface area (Å²) < 4.78 is 9.91. The van der Waals surface area contributed by atoms with Gasteiger partial charge in [0.25, 0.3) is 0 Å². The predicted octanol–water partition coefficient (Wildman–Crippen LogP) is 1.64. The summed E-state index contributed by atoms with van der Waals surface area (Å²) in [6.07, 6.45) is 2.23. The maximum Gasteiger partial charge on any atom is 0.352 e. The summed E-state index contributed by atoms with van der Waals surface area (Å²) in [5.74, 6) is -1.03. The van der Waals surface area contributed by atoms with Gasteiger partial charge in [-0.3, -0.25) is 9.78 Å². The molecule has 0 aromatic carbocycles. The largest absolute Gasteiger partial charge is 0.463 e. The normalized spacial score (nSPS) is 11.6. The zero-order chi connectivity index (χ0) is 12.7.